The minimum atomic E-state index is -0.814. The van der Waals surface area contributed by atoms with Crippen LogP contribution in [0.3, 0.4) is 0 Å². The predicted octanol–water partition coefficient (Wildman–Crippen LogP) is 6.25. The molecule has 0 saturated carbocycles. The number of aliphatic hydroxyl groups excluding tert-OH is 2. The van der Waals surface area contributed by atoms with Gasteiger partial charge in [0.25, 0.3) is 0 Å². The number of piperidine rings is 1. The van der Waals surface area contributed by atoms with Gasteiger partial charge in [-0.05, 0) is 93.2 Å². The zero-order valence-corrected chi connectivity index (χ0v) is 22.5. The van der Waals surface area contributed by atoms with Gasteiger partial charge in [0.2, 0.25) is 0 Å². The molecule has 37 heavy (non-hydrogen) atoms. The maximum absolute atomic E-state index is 13.8. The molecule has 1 unspecified atom stereocenters. The Morgan fingerprint density at radius 3 is 2.73 bits per heavy atom. The van der Waals surface area contributed by atoms with Gasteiger partial charge in [-0.25, -0.2) is 8.78 Å². The van der Waals surface area contributed by atoms with Gasteiger partial charge < -0.3 is 19.8 Å². The average Bonchev–Trinajstić information content (AvgIpc) is 2.92. The fourth-order valence-corrected chi connectivity index (χ4v) is 6.19. The van der Waals surface area contributed by atoms with E-state index in [1.165, 1.54) is 17.8 Å². The van der Waals surface area contributed by atoms with Crippen molar-refractivity contribution >= 4 is 34.3 Å². The first kappa shape index (κ1) is 28.0. The van der Waals surface area contributed by atoms with Crippen molar-refractivity contribution in [2.24, 2.45) is 5.41 Å². The number of hydrogen-bond donors (Lipinski definition) is 2. The number of methoxy groups -OCH3 is 1. The van der Waals surface area contributed by atoms with Crippen LogP contribution in [-0.4, -0.2) is 59.2 Å². The van der Waals surface area contributed by atoms with Gasteiger partial charge >= 0.3 is 0 Å². The highest BCUT2D eigenvalue weighted by Gasteiger charge is 2.34. The van der Waals surface area contributed by atoms with Gasteiger partial charge in [0.1, 0.15) is 5.75 Å². The zero-order chi connectivity index (χ0) is 26.4. The summed E-state index contributed by atoms with van der Waals surface area (Å²) in [7, 11) is 1.59. The molecule has 0 spiro atoms. The Balaban J connectivity index is 1.29. The summed E-state index contributed by atoms with van der Waals surface area (Å²) in [5, 5.41) is 22.6. The van der Waals surface area contributed by atoms with Crippen molar-refractivity contribution in [3.05, 3.63) is 64.8 Å². The number of thioether (sulfide) groups is 1. The lowest BCUT2D eigenvalue weighted by atomic mass is 9.74. The molecule has 1 aromatic heterocycles. The fraction of sp³-hybridized carbons (Fsp3) is 0.464. The minimum absolute atomic E-state index is 0.0703. The number of rotatable bonds is 11. The van der Waals surface area contributed by atoms with Crippen molar-refractivity contribution in [3.8, 4) is 5.75 Å². The molecule has 1 fully saturated rings. The molecular weight excluding hydrogens is 518 g/mol. The van der Waals surface area contributed by atoms with Crippen LogP contribution in [0, 0.1) is 17.0 Å². The van der Waals surface area contributed by atoms with Crippen molar-refractivity contribution < 1.29 is 23.7 Å². The molecule has 1 aliphatic heterocycles. The molecule has 2 heterocycles. The molecule has 0 radical (unpaired) electrons. The van der Waals surface area contributed by atoms with E-state index in [9.17, 15) is 19.0 Å². The summed E-state index contributed by atoms with van der Waals surface area (Å²) in [6, 6.07) is 9.77. The molecule has 1 saturated heterocycles. The second-order valence-corrected chi connectivity index (χ2v) is 11.3. The molecule has 0 bridgehead atoms. The van der Waals surface area contributed by atoms with E-state index < -0.39 is 17.7 Å². The first-order chi connectivity index (χ1) is 17.9. The molecule has 5 nitrogen and oxygen atoms in total. The highest BCUT2D eigenvalue weighted by Crippen LogP contribution is 2.40. The number of hydrogen-bond acceptors (Lipinski definition) is 6. The number of halogens is 3. The van der Waals surface area contributed by atoms with Crippen LogP contribution in [0.15, 0.2) is 47.5 Å². The van der Waals surface area contributed by atoms with E-state index in [0.717, 1.165) is 55.9 Å². The Bertz CT molecular complexity index is 1210. The third-order valence-corrected chi connectivity index (χ3v) is 8.81. The molecule has 0 amide bonds. The average molecular weight is 551 g/mol. The van der Waals surface area contributed by atoms with E-state index in [2.05, 4.69) is 9.88 Å². The Kier molecular flexibility index (Phi) is 9.64. The second-order valence-electron chi connectivity index (χ2n) is 9.71. The number of benzene rings is 2. The second kappa shape index (κ2) is 12.7. The third-order valence-electron chi connectivity index (χ3n) is 7.39. The van der Waals surface area contributed by atoms with Crippen LogP contribution in [0.1, 0.15) is 43.8 Å². The van der Waals surface area contributed by atoms with Gasteiger partial charge in [0.05, 0.1) is 23.8 Å². The monoisotopic (exact) mass is 550 g/mol. The van der Waals surface area contributed by atoms with Gasteiger partial charge in [-0.3, -0.25) is 4.98 Å². The SMILES string of the molecule is COc1ccc2ncc(Cl)c(C(O)CCC3(CO)CCN(CCCSc4cccc(F)c4F)CC3)c2c1. The summed E-state index contributed by atoms with van der Waals surface area (Å²) in [6.45, 7) is 2.65. The maximum atomic E-state index is 13.8. The normalized spacial score (nSPS) is 16.7. The van der Waals surface area contributed by atoms with Gasteiger partial charge in [0.15, 0.2) is 11.6 Å². The van der Waals surface area contributed by atoms with Crippen molar-refractivity contribution in [1.82, 2.24) is 9.88 Å². The Hall–Kier alpha value is -1.97. The lowest BCUT2D eigenvalue weighted by molar-refractivity contribution is 0.0238. The van der Waals surface area contributed by atoms with Crippen LogP contribution in [0.25, 0.3) is 10.9 Å². The number of ether oxygens (including phenoxy) is 1. The fourth-order valence-electron chi connectivity index (χ4n) is 5.02. The first-order valence-electron chi connectivity index (χ1n) is 12.6. The summed E-state index contributed by atoms with van der Waals surface area (Å²) in [6.07, 6.45) is 4.47. The van der Waals surface area contributed by atoms with E-state index in [-0.39, 0.29) is 12.0 Å². The number of likely N-dealkylation sites (tertiary alicyclic amines) is 1. The third kappa shape index (κ3) is 6.73. The highest BCUT2D eigenvalue weighted by atomic mass is 35.5. The number of aromatic nitrogens is 1. The van der Waals surface area contributed by atoms with Crippen molar-refractivity contribution in [1.29, 1.82) is 0 Å². The highest BCUT2D eigenvalue weighted by molar-refractivity contribution is 7.99. The van der Waals surface area contributed by atoms with Crippen LogP contribution in [0.5, 0.6) is 5.75 Å². The molecule has 3 aromatic rings. The first-order valence-corrected chi connectivity index (χ1v) is 13.9. The topological polar surface area (TPSA) is 65.8 Å². The van der Waals surface area contributed by atoms with E-state index in [0.29, 0.717) is 39.8 Å². The Morgan fingerprint density at radius 2 is 2.00 bits per heavy atom. The largest absolute Gasteiger partial charge is 0.497 e. The Labute approximate surface area is 225 Å². The van der Waals surface area contributed by atoms with Crippen LogP contribution in [-0.2, 0) is 0 Å². The van der Waals surface area contributed by atoms with Gasteiger partial charge in [-0.15, -0.1) is 11.8 Å². The van der Waals surface area contributed by atoms with E-state index >= 15 is 0 Å². The van der Waals surface area contributed by atoms with Gasteiger partial charge in [-0.2, -0.15) is 0 Å². The summed E-state index contributed by atoms with van der Waals surface area (Å²) in [4.78, 5) is 7.06. The van der Waals surface area contributed by atoms with Crippen LogP contribution in [0.4, 0.5) is 8.78 Å². The van der Waals surface area contributed by atoms with Crippen molar-refractivity contribution in [3.63, 3.8) is 0 Å². The molecule has 9 heteroatoms. The standard InChI is InChI=1S/C28H33ClF2N2O3S/c1-36-19-6-7-23-20(16-19)26(21(29)17-32-23)24(35)8-9-28(18-34)10-13-33(14-11-28)12-3-15-37-25-5-2-4-22(30)27(25)31/h2,4-7,16-17,24,34-35H,3,8-15,18H2,1H3. The summed E-state index contributed by atoms with van der Waals surface area (Å²) < 4.78 is 32.5. The van der Waals surface area contributed by atoms with Crippen LogP contribution >= 0.6 is 23.4 Å². The number of aliphatic hydroxyl groups is 2. The lowest BCUT2D eigenvalue weighted by Gasteiger charge is -2.41. The van der Waals surface area contributed by atoms with Crippen LogP contribution in [0.2, 0.25) is 5.02 Å². The smallest absolute Gasteiger partial charge is 0.172 e. The molecule has 2 aromatic carbocycles. The maximum Gasteiger partial charge on any atom is 0.172 e. The van der Waals surface area contributed by atoms with Crippen molar-refractivity contribution in [2.75, 3.05) is 39.1 Å². The molecular formula is C28H33ClF2N2O3S. The van der Waals surface area contributed by atoms with Crippen LogP contribution < -0.4 is 4.74 Å². The van der Waals surface area contributed by atoms with Crippen molar-refractivity contribution in [2.45, 2.75) is 43.1 Å². The molecule has 2 N–H and O–H groups in total. The zero-order valence-electron chi connectivity index (χ0n) is 20.9. The molecule has 4 rings (SSSR count). The molecule has 1 atom stereocenters. The summed E-state index contributed by atoms with van der Waals surface area (Å²) in [5.74, 6) is -0.213. The minimum Gasteiger partial charge on any atom is -0.497 e. The molecule has 1 aliphatic rings. The van der Waals surface area contributed by atoms with E-state index in [1.807, 2.05) is 18.2 Å². The van der Waals surface area contributed by atoms with E-state index in [1.54, 1.807) is 19.4 Å². The molecule has 200 valence electrons. The quantitative estimate of drug-likeness (QED) is 0.217. The van der Waals surface area contributed by atoms with Gasteiger partial charge in [-0.1, -0.05) is 17.7 Å². The van der Waals surface area contributed by atoms with Gasteiger partial charge in [0, 0.05) is 28.6 Å². The number of nitrogens with zero attached hydrogens (tertiary/aromatic N) is 2. The lowest BCUT2D eigenvalue weighted by Crippen LogP contribution is -2.42. The molecule has 0 aliphatic carbocycles. The number of pyridine rings is 1. The predicted molar refractivity (Wildman–Crippen MR) is 144 cm³/mol. The van der Waals surface area contributed by atoms with E-state index in [4.69, 9.17) is 16.3 Å². The summed E-state index contributed by atoms with van der Waals surface area (Å²) in [5.41, 5.74) is 1.13. The Morgan fingerprint density at radius 1 is 1.22 bits per heavy atom. The summed E-state index contributed by atoms with van der Waals surface area (Å²) >= 11 is 7.79. The number of fused-ring (bicyclic) bond motifs is 1.